The Morgan fingerprint density at radius 1 is 1.36 bits per heavy atom. The van der Waals surface area contributed by atoms with Gasteiger partial charge in [0.25, 0.3) is 0 Å². The minimum atomic E-state index is 0.425. The second kappa shape index (κ2) is 5.91. The Balaban J connectivity index is 3.07. The molecule has 0 unspecified atom stereocenters. The van der Waals surface area contributed by atoms with Gasteiger partial charge in [0.2, 0.25) is 6.08 Å². The molecule has 0 aromatic heterocycles. The molecule has 0 radical (unpaired) electrons. The molecule has 0 aliphatic heterocycles. The van der Waals surface area contributed by atoms with Crippen molar-refractivity contribution in [2.24, 2.45) is 4.99 Å². The van der Waals surface area contributed by atoms with Gasteiger partial charge in [-0.05, 0) is 24.1 Å². The van der Waals surface area contributed by atoms with Crippen molar-refractivity contribution in [2.45, 2.75) is 16.3 Å². The zero-order valence-corrected chi connectivity index (χ0v) is 9.74. The SMILES string of the molecule is CSc1cccc(CN=C=O)c1SC. The molecule has 0 N–H and O–H groups in total. The van der Waals surface area contributed by atoms with Crippen LogP contribution >= 0.6 is 23.5 Å². The van der Waals surface area contributed by atoms with Crippen LogP contribution in [0.4, 0.5) is 0 Å². The number of hydrogen-bond acceptors (Lipinski definition) is 4. The van der Waals surface area contributed by atoms with Crippen molar-refractivity contribution in [1.82, 2.24) is 0 Å². The highest BCUT2D eigenvalue weighted by molar-refractivity contribution is 8.01. The largest absolute Gasteiger partial charge is 0.235 e. The molecule has 0 spiro atoms. The van der Waals surface area contributed by atoms with E-state index >= 15 is 0 Å². The quantitative estimate of drug-likeness (QED) is 0.448. The summed E-state index contributed by atoms with van der Waals surface area (Å²) >= 11 is 3.39. The number of hydrogen-bond donors (Lipinski definition) is 0. The van der Waals surface area contributed by atoms with Crippen molar-refractivity contribution in [1.29, 1.82) is 0 Å². The Morgan fingerprint density at radius 3 is 2.71 bits per heavy atom. The van der Waals surface area contributed by atoms with E-state index in [9.17, 15) is 4.79 Å². The van der Waals surface area contributed by atoms with Crippen molar-refractivity contribution in [3.63, 3.8) is 0 Å². The molecule has 1 rings (SSSR count). The van der Waals surface area contributed by atoms with E-state index in [0.717, 1.165) is 5.56 Å². The number of benzene rings is 1. The van der Waals surface area contributed by atoms with E-state index in [0.29, 0.717) is 6.54 Å². The van der Waals surface area contributed by atoms with E-state index < -0.39 is 0 Å². The van der Waals surface area contributed by atoms with Crippen LogP contribution in [-0.2, 0) is 11.3 Å². The fourth-order valence-electron chi connectivity index (χ4n) is 1.20. The summed E-state index contributed by atoms with van der Waals surface area (Å²) in [5.41, 5.74) is 1.09. The van der Waals surface area contributed by atoms with Crippen LogP contribution in [0.3, 0.4) is 0 Å². The first kappa shape index (κ1) is 11.4. The molecule has 0 saturated heterocycles. The molecule has 0 amide bonds. The van der Waals surface area contributed by atoms with E-state index in [1.54, 1.807) is 29.6 Å². The molecule has 1 aromatic carbocycles. The summed E-state index contributed by atoms with van der Waals surface area (Å²) in [5.74, 6) is 0. The molecule has 2 nitrogen and oxygen atoms in total. The van der Waals surface area contributed by atoms with Crippen LogP contribution in [0.2, 0.25) is 0 Å². The topological polar surface area (TPSA) is 29.4 Å². The van der Waals surface area contributed by atoms with Crippen LogP contribution in [0.25, 0.3) is 0 Å². The molecule has 0 heterocycles. The van der Waals surface area contributed by atoms with Gasteiger partial charge in [0.15, 0.2) is 0 Å². The Labute approximate surface area is 92.2 Å². The van der Waals surface area contributed by atoms with Gasteiger partial charge in [-0.25, -0.2) is 9.79 Å². The molecule has 1 aromatic rings. The van der Waals surface area contributed by atoms with Crippen LogP contribution in [-0.4, -0.2) is 18.6 Å². The van der Waals surface area contributed by atoms with E-state index in [1.165, 1.54) is 9.79 Å². The summed E-state index contributed by atoms with van der Waals surface area (Å²) in [6, 6.07) is 6.05. The number of isocyanates is 1. The van der Waals surface area contributed by atoms with Crippen molar-refractivity contribution in [3.8, 4) is 0 Å². The van der Waals surface area contributed by atoms with E-state index in [2.05, 4.69) is 11.1 Å². The third-order valence-corrected chi connectivity index (χ3v) is 3.60. The Kier molecular flexibility index (Phi) is 4.80. The van der Waals surface area contributed by atoms with Gasteiger partial charge < -0.3 is 0 Å². The first-order valence-electron chi connectivity index (χ1n) is 4.07. The number of nitrogens with zero attached hydrogens (tertiary/aromatic N) is 1. The maximum atomic E-state index is 10.0. The lowest BCUT2D eigenvalue weighted by atomic mass is 10.2. The van der Waals surface area contributed by atoms with Gasteiger partial charge in [-0.15, -0.1) is 23.5 Å². The average Bonchev–Trinajstić information content (AvgIpc) is 2.25. The number of aliphatic imine (C=N–C) groups is 1. The number of thioether (sulfide) groups is 2. The van der Waals surface area contributed by atoms with Crippen LogP contribution in [0.5, 0.6) is 0 Å². The molecule has 0 aliphatic carbocycles. The predicted octanol–water partition coefficient (Wildman–Crippen LogP) is 2.97. The lowest BCUT2D eigenvalue weighted by Crippen LogP contribution is -1.88. The highest BCUT2D eigenvalue weighted by Crippen LogP contribution is 2.31. The first-order chi connectivity index (χ1) is 6.83. The lowest BCUT2D eigenvalue weighted by molar-refractivity contribution is 0.562. The molecular formula is C10H11NOS2. The van der Waals surface area contributed by atoms with Gasteiger partial charge in [0.05, 0.1) is 6.54 Å². The Morgan fingerprint density at radius 2 is 2.14 bits per heavy atom. The van der Waals surface area contributed by atoms with E-state index in [4.69, 9.17) is 0 Å². The van der Waals surface area contributed by atoms with Crippen LogP contribution < -0.4 is 0 Å². The second-order valence-corrected chi connectivity index (χ2v) is 4.22. The molecular weight excluding hydrogens is 214 g/mol. The molecule has 74 valence electrons. The standard InChI is InChI=1S/C10H11NOS2/c1-13-9-5-3-4-8(6-11-7-12)10(9)14-2/h3-5H,6H2,1-2H3. The zero-order chi connectivity index (χ0) is 10.4. The molecule has 0 bridgehead atoms. The smallest absolute Gasteiger partial charge is 0.211 e. The predicted molar refractivity (Wildman–Crippen MR) is 61.8 cm³/mol. The normalized spacial score (nSPS) is 9.57. The third kappa shape index (κ3) is 2.64. The Hall–Kier alpha value is -0.700. The van der Waals surface area contributed by atoms with Crippen molar-refractivity contribution in [3.05, 3.63) is 23.8 Å². The highest BCUT2D eigenvalue weighted by atomic mass is 32.2. The maximum absolute atomic E-state index is 10.0. The average molecular weight is 225 g/mol. The number of carbonyl (C=O) groups excluding carboxylic acids is 1. The summed E-state index contributed by atoms with van der Waals surface area (Å²) < 4.78 is 0. The van der Waals surface area contributed by atoms with E-state index in [1.807, 2.05) is 24.6 Å². The van der Waals surface area contributed by atoms with Gasteiger partial charge in [-0.3, -0.25) is 0 Å². The van der Waals surface area contributed by atoms with Crippen LogP contribution in [0.1, 0.15) is 5.56 Å². The van der Waals surface area contributed by atoms with Crippen LogP contribution in [0.15, 0.2) is 33.0 Å². The van der Waals surface area contributed by atoms with Crippen molar-refractivity contribution in [2.75, 3.05) is 12.5 Å². The van der Waals surface area contributed by atoms with Gasteiger partial charge >= 0.3 is 0 Å². The maximum Gasteiger partial charge on any atom is 0.235 e. The summed E-state index contributed by atoms with van der Waals surface area (Å²) in [4.78, 5) is 16.1. The van der Waals surface area contributed by atoms with Gasteiger partial charge in [0, 0.05) is 9.79 Å². The fraction of sp³-hybridized carbons (Fsp3) is 0.300. The summed E-state index contributed by atoms with van der Waals surface area (Å²) in [7, 11) is 0. The van der Waals surface area contributed by atoms with Crippen molar-refractivity contribution >= 4 is 29.6 Å². The molecule has 0 fully saturated rings. The molecule has 0 atom stereocenters. The zero-order valence-electron chi connectivity index (χ0n) is 8.11. The lowest BCUT2D eigenvalue weighted by Gasteiger charge is -2.08. The monoisotopic (exact) mass is 225 g/mol. The van der Waals surface area contributed by atoms with Crippen molar-refractivity contribution < 1.29 is 4.79 Å². The minimum absolute atomic E-state index is 0.425. The highest BCUT2D eigenvalue weighted by Gasteiger charge is 2.05. The molecule has 4 heteroatoms. The van der Waals surface area contributed by atoms with Gasteiger partial charge in [-0.1, -0.05) is 12.1 Å². The minimum Gasteiger partial charge on any atom is -0.211 e. The second-order valence-electron chi connectivity index (χ2n) is 2.56. The summed E-state index contributed by atoms with van der Waals surface area (Å²) in [5, 5.41) is 0. The molecule has 0 saturated carbocycles. The molecule has 0 aliphatic rings. The van der Waals surface area contributed by atoms with Gasteiger partial charge in [-0.2, -0.15) is 0 Å². The number of rotatable bonds is 4. The summed E-state index contributed by atoms with van der Waals surface area (Å²) in [6.07, 6.45) is 5.64. The third-order valence-electron chi connectivity index (χ3n) is 1.80. The fourth-order valence-corrected chi connectivity index (χ4v) is 2.89. The van der Waals surface area contributed by atoms with Gasteiger partial charge in [0.1, 0.15) is 0 Å². The van der Waals surface area contributed by atoms with Crippen LogP contribution in [0, 0.1) is 0 Å². The first-order valence-corrected chi connectivity index (χ1v) is 6.52. The molecule has 14 heavy (non-hydrogen) atoms. The Bertz CT molecular complexity index is 359. The van der Waals surface area contributed by atoms with E-state index in [-0.39, 0.29) is 0 Å². The summed E-state index contributed by atoms with van der Waals surface area (Å²) in [6.45, 7) is 0.425.